The van der Waals surface area contributed by atoms with Crippen LogP contribution in [0.25, 0.3) is 22.0 Å². The molecule has 0 spiro atoms. The summed E-state index contributed by atoms with van der Waals surface area (Å²) in [6.45, 7) is 6.67. The van der Waals surface area contributed by atoms with Crippen molar-refractivity contribution in [3.05, 3.63) is 65.6 Å². The fraction of sp³-hybridized carbons (Fsp3) is 0.333. The van der Waals surface area contributed by atoms with E-state index in [2.05, 4.69) is 5.32 Å². The van der Waals surface area contributed by atoms with Gasteiger partial charge in [0.2, 0.25) is 10.0 Å². The van der Waals surface area contributed by atoms with Gasteiger partial charge < -0.3 is 19.7 Å². The average molecular weight is 546 g/mol. The summed E-state index contributed by atoms with van der Waals surface area (Å²) in [7, 11) is -0.847. The summed E-state index contributed by atoms with van der Waals surface area (Å²) in [5.74, 6) is -1.65. The number of allylic oxidation sites excluding steroid dienone is 1. The molecule has 0 bridgehead atoms. The molecular formula is C27H32FN3O6S. The zero-order valence-electron chi connectivity index (χ0n) is 22.2. The second kappa shape index (κ2) is 11.0. The van der Waals surface area contributed by atoms with Crippen LogP contribution in [0.15, 0.2) is 59.3 Å². The Morgan fingerprint density at radius 1 is 1.16 bits per heavy atom. The Kier molecular flexibility index (Phi) is 8.33. The highest BCUT2D eigenvalue weighted by molar-refractivity contribution is 7.89. The number of aromatic nitrogens is 1. The van der Waals surface area contributed by atoms with Crippen molar-refractivity contribution in [2.75, 3.05) is 20.6 Å². The lowest BCUT2D eigenvalue weighted by Gasteiger charge is -2.19. The summed E-state index contributed by atoms with van der Waals surface area (Å²) in [6.07, 6.45) is 0.560. The van der Waals surface area contributed by atoms with E-state index >= 15 is 0 Å². The predicted molar refractivity (Wildman–Crippen MR) is 143 cm³/mol. The molecule has 1 aromatic heterocycles. The predicted octanol–water partition coefficient (Wildman–Crippen LogP) is 4.94. The molecule has 2 N–H and O–H groups in total. The van der Waals surface area contributed by atoms with Crippen molar-refractivity contribution in [3.8, 4) is 11.1 Å². The van der Waals surface area contributed by atoms with Crippen LogP contribution in [0, 0.1) is 6.92 Å². The van der Waals surface area contributed by atoms with Gasteiger partial charge in [-0.05, 0) is 69.7 Å². The number of nitrogens with zero attached hydrogens (tertiary/aromatic N) is 2. The SMILES string of the molecule is Cc1c(-c2cccc(S(=O)(=O)N(C)C)c2)c2cc(C(=O)O)ccc2n1C/C(F)=C/CNC(=O)OC(C)(C)C. The van der Waals surface area contributed by atoms with Crippen molar-refractivity contribution >= 4 is 33.0 Å². The molecule has 0 aliphatic heterocycles. The zero-order valence-corrected chi connectivity index (χ0v) is 23.0. The summed E-state index contributed by atoms with van der Waals surface area (Å²) in [4.78, 5) is 23.6. The monoisotopic (exact) mass is 545 g/mol. The van der Waals surface area contributed by atoms with Gasteiger partial charge in [0.05, 0.1) is 17.0 Å². The second-order valence-electron chi connectivity index (χ2n) is 9.93. The first kappa shape index (κ1) is 28.9. The van der Waals surface area contributed by atoms with Crippen molar-refractivity contribution in [3.63, 3.8) is 0 Å². The average Bonchev–Trinajstić information content (AvgIpc) is 3.08. The van der Waals surface area contributed by atoms with E-state index in [0.717, 1.165) is 4.31 Å². The molecule has 38 heavy (non-hydrogen) atoms. The molecule has 1 amide bonds. The number of carboxylic acids is 1. The molecule has 2 aromatic carbocycles. The number of nitrogens with one attached hydrogen (secondary N) is 1. The van der Waals surface area contributed by atoms with Crippen molar-refractivity contribution in [2.24, 2.45) is 0 Å². The van der Waals surface area contributed by atoms with Gasteiger partial charge in [-0.15, -0.1) is 0 Å². The van der Waals surface area contributed by atoms with Gasteiger partial charge in [-0.25, -0.2) is 26.7 Å². The Morgan fingerprint density at radius 2 is 1.84 bits per heavy atom. The van der Waals surface area contributed by atoms with Crippen LogP contribution in [0.5, 0.6) is 0 Å². The zero-order chi connectivity index (χ0) is 28.4. The number of hydrogen-bond donors (Lipinski definition) is 2. The lowest BCUT2D eigenvalue weighted by atomic mass is 10.0. The fourth-order valence-electron chi connectivity index (χ4n) is 3.98. The minimum Gasteiger partial charge on any atom is -0.478 e. The molecule has 0 aliphatic rings. The molecule has 0 atom stereocenters. The number of carbonyl (C=O) groups excluding carboxylic acids is 1. The number of carbonyl (C=O) groups is 2. The number of ether oxygens (including phenoxy) is 1. The van der Waals surface area contributed by atoms with Crippen molar-refractivity contribution in [2.45, 2.75) is 44.7 Å². The van der Waals surface area contributed by atoms with Crippen molar-refractivity contribution < 1.29 is 32.2 Å². The lowest BCUT2D eigenvalue weighted by Crippen LogP contribution is -2.32. The van der Waals surface area contributed by atoms with E-state index in [0.29, 0.717) is 27.7 Å². The molecule has 204 valence electrons. The Morgan fingerprint density at radius 3 is 2.45 bits per heavy atom. The van der Waals surface area contributed by atoms with Crippen LogP contribution in [0.3, 0.4) is 0 Å². The van der Waals surface area contributed by atoms with E-state index in [9.17, 15) is 27.5 Å². The first-order chi connectivity index (χ1) is 17.6. The van der Waals surface area contributed by atoms with Gasteiger partial charge in [0.1, 0.15) is 11.4 Å². The summed E-state index contributed by atoms with van der Waals surface area (Å²) >= 11 is 0. The molecule has 11 heteroatoms. The summed E-state index contributed by atoms with van der Waals surface area (Å²) in [5, 5.41) is 12.6. The van der Waals surface area contributed by atoms with Gasteiger partial charge in [0.25, 0.3) is 0 Å². The third-order valence-electron chi connectivity index (χ3n) is 5.75. The number of hydrogen-bond acceptors (Lipinski definition) is 5. The topological polar surface area (TPSA) is 118 Å². The Labute approximate surface area is 221 Å². The normalized spacial score (nSPS) is 12.7. The van der Waals surface area contributed by atoms with Crippen LogP contribution in [-0.4, -0.2) is 60.7 Å². The van der Waals surface area contributed by atoms with Crippen LogP contribution >= 0.6 is 0 Å². The van der Waals surface area contributed by atoms with Crippen LogP contribution in [0.1, 0.15) is 36.8 Å². The van der Waals surface area contributed by atoms with Crippen LogP contribution < -0.4 is 5.32 Å². The lowest BCUT2D eigenvalue weighted by molar-refractivity contribution is 0.0533. The third kappa shape index (κ3) is 6.40. The highest BCUT2D eigenvalue weighted by atomic mass is 32.2. The maximum atomic E-state index is 15.0. The van der Waals surface area contributed by atoms with E-state index < -0.39 is 33.5 Å². The molecule has 0 fully saturated rings. The Bertz CT molecular complexity index is 1520. The Balaban J connectivity index is 2.05. The molecule has 0 saturated carbocycles. The molecule has 0 aliphatic carbocycles. The number of fused-ring (bicyclic) bond motifs is 1. The number of amides is 1. The Hall–Kier alpha value is -3.70. The summed E-state index contributed by atoms with van der Waals surface area (Å²) in [5.41, 5.74) is 1.71. The highest BCUT2D eigenvalue weighted by Gasteiger charge is 2.22. The number of aromatic carboxylic acids is 1. The van der Waals surface area contributed by atoms with Crippen molar-refractivity contribution in [1.82, 2.24) is 14.2 Å². The maximum absolute atomic E-state index is 15.0. The van der Waals surface area contributed by atoms with Gasteiger partial charge in [-0.1, -0.05) is 12.1 Å². The van der Waals surface area contributed by atoms with E-state index in [4.69, 9.17) is 4.74 Å². The minimum absolute atomic E-state index is 0.0468. The molecule has 1 heterocycles. The number of benzene rings is 2. The van der Waals surface area contributed by atoms with E-state index in [1.165, 1.54) is 44.4 Å². The van der Waals surface area contributed by atoms with Crippen LogP contribution in [0.2, 0.25) is 0 Å². The fourth-order valence-corrected chi connectivity index (χ4v) is 4.93. The highest BCUT2D eigenvalue weighted by Crippen LogP contribution is 2.37. The van der Waals surface area contributed by atoms with E-state index in [-0.39, 0.29) is 23.5 Å². The number of alkyl carbamates (subject to hydrolysis) is 1. The van der Waals surface area contributed by atoms with Crippen LogP contribution in [0.4, 0.5) is 9.18 Å². The quantitative estimate of drug-likeness (QED) is 0.414. The van der Waals surface area contributed by atoms with E-state index in [1.807, 2.05) is 0 Å². The summed E-state index contributed by atoms with van der Waals surface area (Å²) in [6, 6.07) is 10.9. The van der Waals surface area contributed by atoms with Crippen LogP contribution in [-0.2, 0) is 21.3 Å². The maximum Gasteiger partial charge on any atom is 0.407 e. The second-order valence-corrected chi connectivity index (χ2v) is 12.1. The molecule has 0 saturated heterocycles. The first-order valence-corrected chi connectivity index (χ1v) is 13.3. The standard InChI is InChI=1S/C27H32FN3O6S/c1-17-24(18-8-7-9-21(14-18)38(35,36)30(5)6)22-15-19(25(32)33)10-11-23(22)31(17)16-20(28)12-13-29-26(34)37-27(2,3)4/h7-12,14-15H,13,16H2,1-6H3,(H,29,34)(H,32,33)/b20-12-. The number of carboxylic acid groups (broad SMARTS) is 1. The smallest absolute Gasteiger partial charge is 0.407 e. The molecule has 0 unspecified atom stereocenters. The first-order valence-electron chi connectivity index (χ1n) is 11.8. The number of rotatable bonds is 8. The largest absolute Gasteiger partial charge is 0.478 e. The van der Waals surface area contributed by atoms with Gasteiger partial charge in [0, 0.05) is 42.8 Å². The third-order valence-corrected chi connectivity index (χ3v) is 7.56. The minimum atomic E-state index is -3.72. The molecule has 9 nitrogen and oxygen atoms in total. The molecule has 3 aromatic rings. The molecule has 3 rings (SSSR count). The van der Waals surface area contributed by atoms with E-state index in [1.54, 1.807) is 50.5 Å². The number of sulfonamides is 1. The number of halogens is 1. The van der Waals surface area contributed by atoms with Gasteiger partial charge in [0.15, 0.2) is 0 Å². The molecule has 0 radical (unpaired) electrons. The molecular weight excluding hydrogens is 513 g/mol. The van der Waals surface area contributed by atoms with Gasteiger partial charge >= 0.3 is 12.1 Å². The van der Waals surface area contributed by atoms with Gasteiger partial charge in [-0.3, -0.25) is 0 Å². The summed E-state index contributed by atoms with van der Waals surface area (Å²) < 4.78 is 48.4. The van der Waals surface area contributed by atoms with Crippen molar-refractivity contribution in [1.29, 1.82) is 0 Å². The van der Waals surface area contributed by atoms with Gasteiger partial charge in [-0.2, -0.15) is 0 Å².